The van der Waals surface area contributed by atoms with E-state index in [2.05, 4.69) is 18.9 Å². The van der Waals surface area contributed by atoms with Crippen molar-refractivity contribution in [2.45, 2.75) is 58.3 Å². The molecule has 0 saturated carbocycles. The summed E-state index contributed by atoms with van der Waals surface area (Å²) in [5.74, 6) is 1.03. The maximum Gasteiger partial charge on any atom is -0.00218 e. The lowest BCUT2D eigenvalue weighted by Gasteiger charge is -2.15. The molecule has 84 valence electrons. The molecule has 1 nitrogen and oxygen atoms in total. The van der Waals surface area contributed by atoms with Crippen molar-refractivity contribution >= 4 is 0 Å². The Morgan fingerprint density at radius 3 is 2.14 bits per heavy atom. The first-order valence-corrected chi connectivity index (χ1v) is 6.51. The van der Waals surface area contributed by atoms with E-state index in [1.807, 2.05) is 0 Å². The maximum absolute atomic E-state index is 2.51. The molecule has 1 unspecified atom stereocenters. The largest absolute Gasteiger partial charge is 0.306 e. The fraction of sp³-hybridized carbons (Fsp3) is 1.00. The Labute approximate surface area is 89.9 Å². The van der Waals surface area contributed by atoms with Crippen LogP contribution in [-0.4, -0.2) is 25.0 Å². The first-order chi connectivity index (χ1) is 6.83. The van der Waals surface area contributed by atoms with Gasteiger partial charge in [0.15, 0.2) is 0 Å². The van der Waals surface area contributed by atoms with Crippen molar-refractivity contribution in [1.29, 1.82) is 0 Å². The standard InChI is InChI=1S/C13H27N/c1-3-13-9-5-4-7-11-14(2)12-8-6-10-13/h13H,3-12H2,1-2H3. The molecule has 0 bridgehead atoms. The quantitative estimate of drug-likeness (QED) is 0.619. The maximum atomic E-state index is 2.51. The minimum absolute atomic E-state index is 1.03. The Morgan fingerprint density at radius 1 is 0.929 bits per heavy atom. The summed E-state index contributed by atoms with van der Waals surface area (Å²) in [6.45, 7) is 4.99. The number of nitrogens with zero attached hydrogens (tertiary/aromatic N) is 1. The van der Waals surface area contributed by atoms with Gasteiger partial charge in [0.2, 0.25) is 0 Å². The Hall–Kier alpha value is -0.0400. The Balaban J connectivity index is 2.26. The van der Waals surface area contributed by atoms with E-state index in [4.69, 9.17) is 0 Å². The van der Waals surface area contributed by atoms with Crippen molar-refractivity contribution < 1.29 is 0 Å². The molecule has 1 heterocycles. The van der Waals surface area contributed by atoms with Crippen molar-refractivity contribution in [3.63, 3.8) is 0 Å². The Morgan fingerprint density at radius 2 is 1.50 bits per heavy atom. The molecular formula is C13H27N. The molecule has 0 aromatic rings. The van der Waals surface area contributed by atoms with Gasteiger partial charge in [0.25, 0.3) is 0 Å². The molecule has 0 N–H and O–H groups in total. The molecule has 0 aromatic heterocycles. The SMILES string of the molecule is CCC1CCCCCN(C)CCCC1. The highest BCUT2D eigenvalue weighted by Gasteiger charge is 2.08. The van der Waals surface area contributed by atoms with Crippen LogP contribution in [0.3, 0.4) is 0 Å². The van der Waals surface area contributed by atoms with E-state index >= 15 is 0 Å². The minimum atomic E-state index is 1.03. The molecule has 0 aliphatic carbocycles. The van der Waals surface area contributed by atoms with Crippen molar-refractivity contribution in [3.8, 4) is 0 Å². The van der Waals surface area contributed by atoms with Gasteiger partial charge in [0, 0.05) is 0 Å². The van der Waals surface area contributed by atoms with Crippen molar-refractivity contribution in [3.05, 3.63) is 0 Å². The van der Waals surface area contributed by atoms with Crippen LogP contribution in [0.15, 0.2) is 0 Å². The van der Waals surface area contributed by atoms with Crippen molar-refractivity contribution in [2.75, 3.05) is 20.1 Å². The summed E-state index contributed by atoms with van der Waals surface area (Å²) in [4.78, 5) is 2.51. The van der Waals surface area contributed by atoms with Crippen LogP contribution in [-0.2, 0) is 0 Å². The van der Waals surface area contributed by atoms with Gasteiger partial charge < -0.3 is 4.90 Å². The molecule has 0 spiro atoms. The monoisotopic (exact) mass is 197 g/mol. The molecule has 1 aliphatic heterocycles. The van der Waals surface area contributed by atoms with E-state index in [-0.39, 0.29) is 0 Å². The van der Waals surface area contributed by atoms with Crippen LogP contribution in [0.1, 0.15) is 58.3 Å². The first-order valence-electron chi connectivity index (χ1n) is 6.51. The zero-order valence-corrected chi connectivity index (χ0v) is 10.1. The average molecular weight is 197 g/mol. The summed E-state index contributed by atoms with van der Waals surface area (Å²) in [6.07, 6.45) is 11.5. The topological polar surface area (TPSA) is 3.24 Å². The van der Waals surface area contributed by atoms with E-state index in [1.165, 1.54) is 64.5 Å². The first kappa shape index (κ1) is 12.0. The summed E-state index contributed by atoms with van der Waals surface area (Å²) in [6, 6.07) is 0. The molecule has 1 atom stereocenters. The fourth-order valence-electron chi connectivity index (χ4n) is 2.47. The van der Waals surface area contributed by atoms with Crippen LogP contribution >= 0.6 is 0 Å². The molecule has 0 radical (unpaired) electrons. The minimum Gasteiger partial charge on any atom is -0.306 e. The summed E-state index contributed by atoms with van der Waals surface area (Å²) < 4.78 is 0. The molecule has 0 amide bonds. The molecule has 1 fully saturated rings. The van der Waals surface area contributed by atoms with Gasteiger partial charge in [-0.3, -0.25) is 0 Å². The van der Waals surface area contributed by atoms with E-state index in [0.29, 0.717) is 0 Å². The second kappa shape index (κ2) is 7.28. The van der Waals surface area contributed by atoms with Crippen molar-refractivity contribution in [1.82, 2.24) is 4.90 Å². The smallest absolute Gasteiger partial charge is 0.00218 e. The van der Waals surface area contributed by atoms with Gasteiger partial charge in [-0.05, 0) is 38.9 Å². The normalized spacial score (nSPS) is 28.3. The summed E-state index contributed by atoms with van der Waals surface area (Å²) in [5.41, 5.74) is 0. The Kier molecular flexibility index (Phi) is 6.25. The molecular weight excluding hydrogens is 170 g/mol. The van der Waals surface area contributed by atoms with E-state index < -0.39 is 0 Å². The average Bonchev–Trinajstić information content (AvgIpc) is 2.23. The van der Waals surface area contributed by atoms with Crippen LogP contribution in [0, 0.1) is 5.92 Å². The summed E-state index contributed by atoms with van der Waals surface area (Å²) in [5, 5.41) is 0. The highest BCUT2D eigenvalue weighted by Crippen LogP contribution is 2.20. The number of hydrogen-bond donors (Lipinski definition) is 0. The van der Waals surface area contributed by atoms with E-state index in [0.717, 1.165) is 5.92 Å². The van der Waals surface area contributed by atoms with Crippen molar-refractivity contribution in [2.24, 2.45) is 5.92 Å². The second-order valence-corrected chi connectivity index (χ2v) is 4.92. The second-order valence-electron chi connectivity index (χ2n) is 4.92. The summed E-state index contributed by atoms with van der Waals surface area (Å²) >= 11 is 0. The third-order valence-corrected chi connectivity index (χ3v) is 3.63. The fourth-order valence-corrected chi connectivity index (χ4v) is 2.47. The van der Waals surface area contributed by atoms with Gasteiger partial charge >= 0.3 is 0 Å². The molecule has 1 rings (SSSR count). The zero-order chi connectivity index (χ0) is 10.2. The van der Waals surface area contributed by atoms with Gasteiger partial charge in [-0.25, -0.2) is 0 Å². The molecule has 1 heteroatoms. The number of rotatable bonds is 1. The highest BCUT2D eigenvalue weighted by atomic mass is 15.1. The van der Waals surface area contributed by atoms with E-state index in [1.54, 1.807) is 0 Å². The highest BCUT2D eigenvalue weighted by molar-refractivity contribution is 4.62. The van der Waals surface area contributed by atoms with Gasteiger partial charge in [-0.2, -0.15) is 0 Å². The summed E-state index contributed by atoms with van der Waals surface area (Å²) in [7, 11) is 2.27. The molecule has 0 aromatic carbocycles. The van der Waals surface area contributed by atoms with Crippen LogP contribution < -0.4 is 0 Å². The third kappa shape index (κ3) is 4.99. The molecule has 1 aliphatic rings. The van der Waals surface area contributed by atoms with Crippen LogP contribution in [0.2, 0.25) is 0 Å². The van der Waals surface area contributed by atoms with Gasteiger partial charge in [-0.15, -0.1) is 0 Å². The van der Waals surface area contributed by atoms with Crippen LogP contribution in [0.25, 0.3) is 0 Å². The van der Waals surface area contributed by atoms with Crippen LogP contribution in [0.4, 0.5) is 0 Å². The van der Waals surface area contributed by atoms with Gasteiger partial charge in [-0.1, -0.05) is 45.4 Å². The Bertz CT molecular complexity index is 133. The number of hydrogen-bond acceptors (Lipinski definition) is 1. The van der Waals surface area contributed by atoms with Gasteiger partial charge in [0.05, 0.1) is 0 Å². The molecule has 14 heavy (non-hydrogen) atoms. The van der Waals surface area contributed by atoms with Gasteiger partial charge in [0.1, 0.15) is 0 Å². The lowest BCUT2D eigenvalue weighted by molar-refractivity contribution is 0.318. The van der Waals surface area contributed by atoms with E-state index in [9.17, 15) is 0 Å². The van der Waals surface area contributed by atoms with Crippen LogP contribution in [0.5, 0.6) is 0 Å². The predicted octanol–water partition coefficient (Wildman–Crippen LogP) is 3.69. The lowest BCUT2D eigenvalue weighted by atomic mass is 9.93. The third-order valence-electron chi connectivity index (χ3n) is 3.63. The predicted molar refractivity (Wildman–Crippen MR) is 63.6 cm³/mol. The molecule has 1 saturated heterocycles. The zero-order valence-electron chi connectivity index (χ0n) is 10.1. The lowest BCUT2D eigenvalue weighted by Crippen LogP contribution is -2.20.